The van der Waals surface area contributed by atoms with Gasteiger partial charge in [-0.3, -0.25) is 4.99 Å². The van der Waals surface area contributed by atoms with E-state index in [1.54, 1.807) is 4.90 Å². The van der Waals surface area contributed by atoms with Gasteiger partial charge in [0, 0.05) is 24.3 Å². The van der Waals surface area contributed by atoms with Gasteiger partial charge in [0.25, 0.3) is 0 Å². The first-order valence-corrected chi connectivity index (χ1v) is 8.51. The molecule has 124 valence electrons. The van der Waals surface area contributed by atoms with Crippen molar-refractivity contribution in [3.8, 4) is 0 Å². The van der Waals surface area contributed by atoms with Crippen molar-refractivity contribution in [2.75, 3.05) is 13.1 Å². The summed E-state index contributed by atoms with van der Waals surface area (Å²) in [5.74, 6) is 0.395. The number of hydrogen-bond donors (Lipinski definition) is 0. The Bertz CT molecular complexity index is 641. The van der Waals surface area contributed by atoms with Crippen LogP contribution in [0, 0.1) is 0 Å². The maximum Gasteiger partial charge on any atom is 0.410 e. The van der Waals surface area contributed by atoms with E-state index in [1.807, 2.05) is 33.1 Å². The van der Waals surface area contributed by atoms with Gasteiger partial charge in [0.1, 0.15) is 5.60 Å². The number of ether oxygens (including phenoxy) is 1. The van der Waals surface area contributed by atoms with Crippen LogP contribution in [0.2, 0.25) is 5.02 Å². The monoisotopic (exact) mass is 334 g/mol. The Morgan fingerprint density at radius 3 is 2.65 bits per heavy atom. The van der Waals surface area contributed by atoms with Crippen LogP contribution in [0.1, 0.15) is 56.2 Å². The van der Waals surface area contributed by atoms with E-state index in [0.717, 1.165) is 30.0 Å². The standard InChI is InChI=1S/C18H23ClN2O2/c1-18(2,3)23-17(22)21-6-4-12(5-7-21)15-8-13-10-20-11-14(13)9-16(15)19/h8-9,11-12H,4-7,10H2,1-3H3. The van der Waals surface area contributed by atoms with Crippen LogP contribution in [-0.2, 0) is 11.3 Å². The molecular weight excluding hydrogens is 312 g/mol. The van der Waals surface area contributed by atoms with E-state index in [1.165, 1.54) is 11.1 Å². The van der Waals surface area contributed by atoms with E-state index in [9.17, 15) is 4.79 Å². The number of halogens is 1. The number of hydrogen-bond acceptors (Lipinski definition) is 3. The molecule has 3 rings (SSSR count). The van der Waals surface area contributed by atoms with E-state index >= 15 is 0 Å². The molecule has 0 radical (unpaired) electrons. The lowest BCUT2D eigenvalue weighted by molar-refractivity contribution is 0.0205. The summed E-state index contributed by atoms with van der Waals surface area (Å²) >= 11 is 6.46. The van der Waals surface area contributed by atoms with Gasteiger partial charge in [0.15, 0.2) is 0 Å². The summed E-state index contributed by atoms with van der Waals surface area (Å²) in [6.07, 6.45) is 3.50. The lowest BCUT2D eigenvalue weighted by atomic mass is 9.88. The second-order valence-corrected chi connectivity index (χ2v) is 7.69. The highest BCUT2D eigenvalue weighted by Gasteiger charge is 2.28. The first kappa shape index (κ1) is 16.3. The summed E-state index contributed by atoms with van der Waals surface area (Å²) < 4.78 is 5.45. The second kappa shape index (κ2) is 6.16. The molecule has 0 aromatic heterocycles. The molecule has 0 aliphatic carbocycles. The molecule has 2 aliphatic rings. The van der Waals surface area contributed by atoms with Crippen molar-refractivity contribution in [3.05, 3.63) is 33.8 Å². The molecule has 1 fully saturated rings. The molecule has 1 aromatic carbocycles. The predicted octanol–water partition coefficient (Wildman–Crippen LogP) is 4.39. The highest BCUT2D eigenvalue weighted by Crippen LogP contribution is 2.35. The number of carbonyl (C=O) groups is 1. The van der Waals surface area contributed by atoms with Crippen molar-refractivity contribution in [2.45, 2.75) is 51.7 Å². The molecule has 0 N–H and O–H groups in total. The normalized spacial score (nSPS) is 18.2. The first-order valence-electron chi connectivity index (χ1n) is 8.13. The number of nitrogens with zero attached hydrogens (tertiary/aromatic N) is 2. The number of piperidine rings is 1. The third-order valence-corrected chi connectivity index (χ3v) is 4.66. The van der Waals surface area contributed by atoms with E-state index in [0.29, 0.717) is 19.0 Å². The number of fused-ring (bicyclic) bond motifs is 1. The van der Waals surface area contributed by atoms with Gasteiger partial charge in [0.2, 0.25) is 0 Å². The highest BCUT2D eigenvalue weighted by molar-refractivity contribution is 6.31. The lowest BCUT2D eigenvalue weighted by Crippen LogP contribution is -2.41. The Morgan fingerprint density at radius 1 is 1.30 bits per heavy atom. The van der Waals surface area contributed by atoms with Crippen LogP contribution in [-0.4, -0.2) is 35.9 Å². The Hall–Kier alpha value is -1.55. The molecule has 0 saturated carbocycles. The van der Waals surface area contributed by atoms with Gasteiger partial charge in [-0.2, -0.15) is 0 Å². The predicted molar refractivity (Wildman–Crippen MR) is 92.5 cm³/mol. The molecule has 4 nitrogen and oxygen atoms in total. The fourth-order valence-electron chi connectivity index (χ4n) is 3.16. The third-order valence-electron chi connectivity index (χ3n) is 4.34. The molecule has 2 heterocycles. The van der Waals surface area contributed by atoms with Crippen molar-refractivity contribution < 1.29 is 9.53 Å². The van der Waals surface area contributed by atoms with Crippen molar-refractivity contribution in [3.63, 3.8) is 0 Å². The molecule has 23 heavy (non-hydrogen) atoms. The van der Waals surface area contributed by atoms with Crippen molar-refractivity contribution in [1.82, 2.24) is 4.90 Å². The SMILES string of the molecule is CC(C)(C)OC(=O)N1CCC(c2cc3c(cc2Cl)C=NC3)CC1. The first-order chi connectivity index (χ1) is 10.8. The van der Waals surface area contributed by atoms with E-state index in [-0.39, 0.29) is 6.09 Å². The highest BCUT2D eigenvalue weighted by atomic mass is 35.5. The van der Waals surface area contributed by atoms with Gasteiger partial charge in [-0.1, -0.05) is 17.7 Å². The minimum atomic E-state index is -0.447. The minimum absolute atomic E-state index is 0.218. The third kappa shape index (κ3) is 3.69. The zero-order valence-corrected chi connectivity index (χ0v) is 14.7. The largest absolute Gasteiger partial charge is 0.444 e. The Labute approximate surface area is 142 Å². The lowest BCUT2D eigenvalue weighted by Gasteiger charge is -2.34. The molecule has 0 spiro atoms. The number of rotatable bonds is 1. The van der Waals surface area contributed by atoms with E-state index < -0.39 is 5.60 Å². The van der Waals surface area contributed by atoms with Crippen LogP contribution < -0.4 is 0 Å². The van der Waals surface area contributed by atoms with Crippen LogP contribution >= 0.6 is 11.6 Å². The Balaban J connectivity index is 1.65. The zero-order valence-electron chi connectivity index (χ0n) is 13.9. The van der Waals surface area contributed by atoms with Gasteiger partial charge in [-0.15, -0.1) is 0 Å². The topological polar surface area (TPSA) is 41.9 Å². The number of benzene rings is 1. The molecule has 2 aliphatic heterocycles. The van der Waals surface area contributed by atoms with Gasteiger partial charge >= 0.3 is 6.09 Å². The second-order valence-electron chi connectivity index (χ2n) is 7.28. The van der Waals surface area contributed by atoms with E-state index in [2.05, 4.69) is 11.1 Å². The van der Waals surface area contributed by atoms with Gasteiger partial charge in [0.05, 0.1) is 6.54 Å². The quantitative estimate of drug-likeness (QED) is 0.764. The molecule has 1 aromatic rings. The van der Waals surface area contributed by atoms with Gasteiger partial charge in [-0.25, -0.2) is 4.79 Å². The average Bonchev–Trinajstić information content (AvgIpc) is 2.92. The molecule has 5 heteroatoms. The van der Waals surface area contributed by atoms with Crippen LogP contribution in [0.15, 0.2) is 17.1 Å². The maximum absolute atomic E-state index is 12.1. The van der Waals surface area contributed by atoms with Crippen molar-refractivity contribution in [1.29, 1.82) is 0 Å². The number of carbonyl (C=O) groups excluding carboxylic acids is 1. The molecule has 1 saturated heterocycles. The Morgan fingerprint density at radius 2 is 2.00 bits per heavy atom. The minimum Gasteiger partial charge on any atom is -0.444 e. The summed E-state index contributed by atoms with van der Waals surface area (Å²) in [6, 6.07) is 4.21. The fourth-order valence-corrected chi connectivity index (χ4v) is 3.49. The summed E-state index contributed by atoms with van der Waals surface area (Å²) in [5, 5.41) is 0.813. The van der Waals surface area contributed by atoms with Crippen LogP contribution in [0.3, 0.4) is 0 Å². The zero-order chi connectivity index (χ0) is 16.6. The summed E-state index contributed by atoms with van der Waals surface area (Å²) in [5.41, 5.74) is 3.13. The summed E-state index contributed by atoms with van der Waals surface area (Å²) in [7, 11) is 0. The van der Waals surface area contributed by atoms with Crippen LogP contribution in [0.5, 0.6) is 0 Å². The number of aliphatic imine (C=N–C) groups is 1. The van der Waals surface area contributed by atoms with Crippen molar-refractivity contribution >= 4 is 23.9 Å². The molecule has 1 amide bonds. The smallest absolute Gasteiger partial charge is 0.410 e. The molecular formula is C18H23ClN2O2. The maximum atomic E-state index is 12.1. The van der Waals surface area contributed by atoms with Crippen LogP contribution in [0.25, 0.3) is 0 Å². The fraction of sp³-hybridized carbons (Fsp3) is 0.556. The van der Waals surface area contributed by atoms with Crippen molar-refractivity contribution in [2.24, 2.45) is 4.99 Å². The summed E-state index contributed by atoms with van der Waals surface area (Å²) in [4.78, 5) is 18.2. The van der Waals surface area contributed by atoms with Gasteiger partial charge < -0.3 is 9.64 Å². The average molecular weight is 335 g/mol. The number of likely N-dealkylation sites (tertiary alicyclic amines) is 1. The molecule has 0 unspecified atom stereocenters. The summed E-state index contributed by atoms with van der Waals surface area (Å²) in [6.45, 7) is 7.85. The molecule has 0 atom stereocenters. The Kier molecular flexibility index (Phi) is 4.37. The van der Waals surface area contributed by atoms with Gasteiger partial charge in [-0.05, 0) is 62.3 Å². The van der Waals surface area contributed by atoms with Crippen LogP contribution in [0.4, 0.5) is 4.79 Å². The van der Waals surface area contributed by atoms with E-state index in [4.69, 9.17) is 16.3 Å². The number of amides is 1. The molecule has 0 bridgehead atoms.